The molecule has 0 unspecified atom stereocenters. The van der Waals surface area contributed by atoms with E-state index in [-0.39, 0.29) is 28.2 Å². The third-order valence-electron chi connectivity index (χ3n) is 4.11. The number of aliphatic hydroxyl groups is 4. The van der Waals surface area contributed by atoms with E-state index < -0.39 is 42.9 Å². The molecular formula is C16H18O10. The van der Waals surface area contributed by atoms with Crippen molar-refractivity contribution in [2.45, 2.75) is 30.7 Å². The molecule has 26 heavy (non-hydrogen) atoms. The van der Waals surface area contributed by atoms with Gasteiger partial charge in [-0.2, -0.15) is 0 Å². The predicted molar refractivity (Wildman–Crippen MR) is 85.1 cm³/mol. The fraction of sp³-hybridized carbons (Fsp3) is 0.438. The highest BCUT2D eigenvalue weighted by Crippen LogP contribution is 2.43. The van der Waals surface area contributed by atoms with Crippen LogP contribution in [0.15, 0.2) is 27.4 Å². The fourth-order valence-electron chi connectivity index (χ4n) is 2.73. The summed E-state index contributed by atoms with van der Waals surface area (Å²) < 4.78 is 20.8. The second-order valence-corrected chi connectivity index (χ2v) is 5.74. The van der Waals surface area contributed by atoms with Gasteiger partial charge in [-0.05, 0) is 6.07 Å². The molecule has 1 aromatic carbocycles. The van der Waals surface area contributed by atoms with Gasteiger partial charge in [0.1, 0.15) is 30.0 Å². The molecule has 1 fully saturated rings. The topological polar surface area (TPSA) is 159 Å². The Kier molecular flexibility index (Phi) is 5.03. The molecule has 2 aromatic rings. The molecule has 142 valence electrons. The van der Waals surface area contributed by atoms with Gasteiger partial charge in [0, 0.05) is 12.1 Å². The van der Waals surface area contributed by atoms with Crippen LogP contribution in [0.3, 0.4) is 0 Å². The number of phenols is 1. The van der Waals surface area contributed by atoms with Crippen molar-refractivity contribution in [1.82, 2.24) is 0 Å². The van der Waals surface area contributed by atoms with Crippen LogP contribution < -0.4 is 15.1 Å². The van der Waals surface area contributed by atoms with Crippen LogP contribution in [0.5, 0.6) is 17.2 Å². The van der Waals surface area contributed by atoms with Gasteiger partial charge in [-0.1, -0.05) is 0 Å². The van der Waals surface area contributed by atoms with Crippen molar-refractivity contribution < 1.29 is 44.2 Å². The summed E-state index contributed by atoms with van der Waals surface area (Å²) in [6.45, 7) is -0.625. The highest BCUT2D eigenvalue weighted by Gasteiger charge is 2.45. The zero-order chi connectivity index (χ0) is 19.0. The van der Waals surface area contributed by atoms with Crippen LogP contribution in [-0.4, -0.2) is 70.0 Å². The largest absolute Gasteiger partial charge is 0.504 e. The molecule has 1 saturated heterocycles. The maximum Gasteiger partial charge on any atom is 0.336 e. The lowest BCUT2D eigenvalue weighted by Gasteiger charge is -2.39. The number of aliphatic hydroxyl groups excluding tert-OH is 4. The number of hydrogen-bond donors (Lipinski definition) is 5. The Bertz CT molecular complexity index is 845. The van der Waals surface area contributed by atoms with Crippen molar-refractivity contribution in [1.29, 1.82) is 0 Å². The number of rotatable bonds is 4. The van der Waals surface area contributed by atoms with E-state index in [9.17, 15) is 30.3 Å². The summed E-state index contributed by atoms with van der Waals surface area (Å²) in [5.41, 5.74) is -0.656. The van der Waals surface area contributed by atoms with Crippen molar-refractivity contribution in [3.8, 4) is 17.2 Å². The molecule has 0 amide bonds. The van der Waals surface area contributed by atoms with Gasteiger partial charge in [-0.25, -0.2) is 4.79 Å². The Hall–Kier alpha value is -2.37. The lowest BCUT2D eigenvalue weighted by atomic mass is 9.99. The third-order valence-corrected chi connectivity index (χ3v) is 4.11. The standard InChI is InChI=1S/C16H18O10/c1-23-15-8(4-7-6(11(15)19)2-3-10(18)24-7)25-16-14(22)13(21)12(20)9(5-17)26-16/h2-4,9,12-14,16-17,19-22H,5H2,1H3/t9-,12-,13+,14-,16-/m1/s1. The van der Waals surface area contributed by atoms with E-state index in [0.29, 0.717) is 0 Å². The Labute approximate surface area is 146 Å². The zero-order valence-electron chi connectivity index (χ0n) is 13.6. The van der Waals surface area contributed by atoms with Crippen LogP contribution >= 0.6 is 0 Å². The first-order valence-electron chi connectivity index (χ1n) is 7.68. The van der Waals surface area contributed by atoms with Gasteiger partial charge in [-0.3, -0.25) is 0 Å². The number of fused-ring (bicyclic) bond motifs is 1. The molecule has 10 nitrogen and oxygen atoms in total. The minimum atomic E-state index is -1.65. The average molecular weight is 370 g/mol. The van der Waals surface area contributed by atoms with Gasteiger partial charge >= 0.3 is 5.63 Å². The van der Waals surface area contributed by atoms with E-state index >= 15 is 0 Å². The Morgan fingerprint density at radius 3 is 2.54 bits per heavy atom. The molecule has 0 bridgehead atoms. The molecule has 10 heteroatoms. The van der Waals surface area contributed by atoms with Crippen LogP contribution in [0.4, 0.5) is 0 Å². The molecule has 2 heterocycles. The van der Waals surface area contributed by atoms with Crippen molar-refractivity contribution in [2.24, 2.45) is 0 Å². The van der Waals surface area contributed by atoms with E-state index in [0.717, 1.165) is 6.07 Å². The molecule has 1 aliphatic heterocycles. The molecule has 3 rings (SSSR count). The van der Waals surface area contributed by atoms with E-state index in [4.69, 9.17) is 18.6 Å². The maximum absolute atomic E-state index is 11.4. The smallest absolute Gasteiger partial charge is 0.336 e. The van der Waals surface area contributed by atoms with Crippen molar-refractivity contribution >= 4 is 11.0 Å². The monoisotopic (exact) mass is 370 g/mol. The van der Waals surface area contributed by atoms with Crippen LogP contribution in [-0.2, 0) is 4.74 Å². The number of aromatic hydroxyl groups is 1. The Balaban J connectivity index is 2.00. The number of hydrogen-bond acceptors (Lipinski definition) is 10. The van der Waals surface area contributed by atoms with E-state index in [1.807, 2.05) is 0 Å². The summed E-state index contributed by atoms with van der Waals surface area (Å²) >= 11 is 0. The number of benzene rings is 1. The van der Waals surface area contributed by atoms with E-state index in [2.05, 4.69) is 0 Å². The summed E-state index contributed by atoms with van der Waals surface area (Å²) in [7, 11) is 1.26. The summed E-state index contributed by atoms with van der Waals surface area (Å²) in [4.78, 5) is 11.4. The number of phenolic OH excluding ortho intramolecular Hbond substituents is 1. The fourth-order valence-corrected chi connectivity index (χ4v) is 2.73. The van der Waals surface area contributed by atoms with Gasteiger partial charge in [0.15, 0.2) is 11.5 Å². The first-order chi connectivity index (χ1) is 12.4. The van der Waals surface area contributed by atoms with Crippen molar-refractivity contribution in [3.05, 3.63) is 28.6 Å². The summed E-state index contributed by atoms with van der Waals surface area (Å²) in [5.74, 6) is -0.632. The number of ether oxygens (including phenoxy) is 3. The first kappa shape index (κ1) is 18.4. The van der Waals surface area contributed by atoms with E-state index in [1.54, 1.807) is 0 Å². The van der Waals surface area contributed by atoms with Gasteiger partial charge in [0.25, 0.3) is 0 Å². The van der Waals surface area contributed by atoms with Gasteiger partial charge in [0.05, 0.1) is 19.1 Å². The highest BCUT2D eigenvalue weighted by molar-refractivity contribution is 5.88. The van der Waals surface area contributed by atoms with Crippen LogP contribution in [0.1, 0.15) is 0 Å². The summed E-state index contributed by atoms with van der Waals surface area (Å²) in [6.07, 6.45) is -7.50. The lowest BCUT2D eigenvalue weighted by Crippen LogP contribution is -2.60. The highest BCUT2D eigenvalue weighted by atomic mass is 16.7. The molecule has 5 atom stereocenters. The first-order valence-corrected chi connectivity index (χ1v) is 7.68. The number of methoxy groups -OCH3 is 1. The molecule has 0 spiro atoms. The zero-order valence-corrected chi connectivity index (χ0v) is 13.6. The average Bonchev–Trinajstić information content (AvgIpc) is 2.62. The molecular weight excluding hydrogens is 352 g/mol. The lowest BCUT2D eigenvalue weighted by molar-refractivity contribution is -0.277. The second-order valence-electron chi connectivity index (χ2n) is 5.74. The maximum atomic E-state index is 11.4. The van der Waals surface area contributed by atoms with Crippen LogP contribution in [0, 0.1) is 0 Å². The molecule has 1 aromatic heterocycles. The summed E-state index contributed by atoms with van der Waals surface area (Å²) in [5, 5.41) is 49.4. The van der Waals surface area contributed by atoms with Gasteiger partial charge in [-0.15, -0.1) is 0 Å². The van der Waals surface area contributed by atoms with E-state index in [1.165, 1.54) is 19.2 Å². The normalized spacial score (nSPS) is 28.9. The summed E-state index contributed by atoms with van der Waals surface area (Å²) in [6, 6.07) is 3.72. The molecule has 0 aliphatic carbocycles. The molecule has 0 radical (unpaired) electrons. The third kappa shape index (κ3) is 3.08. The Morgan fingerprint density at radius 2 is 1.88 bits per heavy atom. The second kappa shape index (κ2) is 7.09. The Morgan fingerprint density at radius 1 is 1.15 bits per heavy atom. The minimum absolute atomic E-state index is 0.00427. The SMILES string of the molecule is COc1c(O[C@@H]2O[C@H](CO)[C@@H](O)[C@H](O)[C@H]2O)cc2oc(=O)ccc2c1O. The van der Waals surface area contributed by atoms with Crippen molar-refractivity contribution in [3.63, 3.8) is 0 Å². The molecule has 0 saturated carbocycles. The van der Waals surface area contributed by atoms with Crippen LogP contribution in [0.25, 0.3) is 11.0 Å². The minimum Gasteiger partial charge on any atom is -0.504 e. The quantitative estimate of drug-likeness (QED) is 0.409. The van der Waals surface area contributed by atoms with Gasteiger partial charge < -0.3 is 44.2 Å². The molecule has 1 aliphatic rings. The van der Waals surface area contributed by atoms with Crippen LogP contribution in [0.2, 0.25) is 0 Å². The van der Waals surface area contributed by atoms with Crippen molar-refractivity contribution in [2.75, 3.05) is 13.7 Å². The molecule has 5 N–H and O–H groups in total. The van der Waals surface area contributed by atoms with Gasteiger partial charge in [0.2, 0.25) is 12.0 Å². The predicted octanol–water partition coefficient (Wildman–Crippen LogP) is -1.31.